The average molecular weight is 690 g/mol. The number of carbonyl (C=O) groups excluding carboxylic acids is 2. The molecule has 0 aromatic heterocycles. The van der Waals surface area contributed by atoms with Gasteiger partial charge in [-0.3, -0.25) is 0 Å². The number of hydrogen-bond acceptors (Lipinski definition) is 4. The highest BCUT2D eigenvalue weighted by Crippen LogP contribution is 2.44. The van der Waals surface area contributed by atoms with Gasteiger partial charge in [-0.05, 0) is 92.7 Å². The predicted molar refractivity (Wildman–Crippen MR) is 200 cm³/mol. The fraction of sp³-hybridized carbons (Fsp3) is 0.302. The van der Waals surface area contributed by atoms with Crippen molar-refractivity contribution in [1.29, 1.82) is 0 Å². The molecule has 2 saturated carbocycles. The van der Waals surface area contributed by atoms with Gasteiger partial charge in [-0.1, -0.05) is 145 Å². The molecule has 0 heterocycles. The van der Waals surface area contributed by atoms with Crippen molar-refractivity contribution in [1.82, 2.24) is 0 Å². The molecule has 2 aliphatic rings. The molecular formula is C43H38Cl2O4. The van der Waals surface area contributed by atoms with Crippen LogP contribution < -0.4 is 0 Å². The molecule has 6 aromatic rings. The van der Waals surface area contributed by atoms with Gasteiger partial charge in [0.2, 0.25) is 0 Å². The van der Waals surface area contributed by atoms with Crippen molar-refractivity contribution in [2.45, 2.75) is 79.7 Å². The first kappa shape index (κ1) is 32.1. The van der Waals surface area contributed by atoms with Crippen molar-refractivity contribution in [3.05, 3.63) is 120 Å². The summed E-state index contributed by atoms with van der Waals surface area (Å²) < 4.78 is 9.73. The lowest BCUT2D eigenvalue weighted by molar-refractivity contribution is -0.164. The topological polar surface area (TPSA) is 52.6 Å². The second-order valence-corrected chi connectivity index (χ2v) is 15.0. The third-order valence-corrected chi connectivity index (χ3v) is 11.5. The first-order chi connectivity index (χ1) is 23.9. The van der Waals surface area contributed by atoms with Gasteiger partial charge in [-0.15, -0.1) is 0 Å². The second-order valence-electron chi connectivity index (χ2n) is 13.7. The molecule has 49 heavy (non-hydrogen) atoms. The fourth-order valence-electron chi connectivity index (χ4n) is 8.47. The van der Waals surface area contributed by atoms with E-state index in [1.54, 1.807) is 0 Å². The van der Waals surface area contributed by atoms with Crippen LogP contribution >= 0.6 is 23.2 Å². The van der Waals surface area contributed by atoms with Crippen LogP contribution in [-0.4, -0.2) is 28.5 Å². The summed E-state index contributed by atoms with van der Waals surface area (Å²) in [6.45, 7) is 0. The Morgan fingerprint density at radius 2 is 0.837 bits per heavy atom. The monoisotopic (exact) mass is 688 g/mol. The van der Waals surface area contributed by atoms with Crippen molar-refractivity contribution < 1.29 is 19.1 Å². The molecule has 2 fully saturated rings. The molecule has 0 N–H and O–H groups in total. The van der Waals surface area contributed by atoms with Crippen LogP contribution in [0, 0.1) is 0 Å². The Balaban J connectivity index is 1.05. The van der Waals surface area contributed by atoms with Crippen LogP contribution in [0.1, 0.15) is 74.3 Å². The van der Waals surface area contributed by atoms with E-state index >= 15 is 0 Å². The number of esters is 2. The van der Waals surface area contributed by atoms with E-state index in [1.807, 2.05) is 24.3 Å². The van der Waals surface area contributed by atoms with Gasteiger partial charge in [0.15, 0.2) is 0 Å². The van der Waals surface area contributed by atoms with E-state index in [-0.39, 0.29) is 11.8 Å². The van der Waals surface area contributed by atoms with Crippen LogP contribution in [0.3, 0.4) is 0 Å². The Hall–Kier alpha value is -4.12. The van der Waals surface area contributed by atoms with Crippen molar-refractivity contribution in [2.75, 3.05) is 0 Å². The maximum absolute atomic E-state index is 13.8. The SMILES string of the molecule is O=C(O[C@@H]1CCCC[C@H]1c1cc2ccccc2c2ccccc12)C(Cl)(Cl)C(=O)O[C@@H]1CCCC[C@H]1c1cc2ccccc2c2ccccc12. The number of alkyl halides is 2. The largest absolute Gasteiger partial charge is 0.459 e. The highest BCUT2D eigenvalue weighted by atomic mass is 35.5. The molecule has 248 valence electrons. The van der Waals surface area contributed by atoms with Crippen molar-refractivity contribution >= 4 is 78.2 Å². The number of halogens is 2. The Morgan fingerprint density at radius 3 is 1.27 bits per heavy atom. The van der Waals surface area contributed by atoms with E-state index < -0.39 is 28.5 Å². The van der Waals surface area contributed by atoms with Crippen LogP contribution in [0.25, 0.3) is 43.1 Å². The Labute approximate surface area is 296 Å². The van der Waals surface area contributed by atoms with Crippen molar-refractivity contribution in [3.8, 4) is 0 Å². The molecule has 0 unspecified atom stereocenters. The number of benzene rings is 6. The number of rotatable bonds is 6. The first-order valence-electron chi connectivity index (χ1n) is 17.5. The zero-order valence-corrected chi connectivity index (χ0v) is 28.8. The van der Waals surface area contributed by atoms with Gasteiger partial charge in [0.1, 0.15) is 12.2 Å². The minimum atomic E-state index is -2.49. The summed E-state index contributed by atoms with van der Waals surface area (Å²) in [6.07, 6.45) is 5.94. The molecule has 4 atom stereocenters. The van der Waals surface area contributed by atoms with E-state index in [0.29, 0.717) is 12.8 Å². The normalized spacial score (nSPS) is 21.6. The predicted octanol–water partition coefficient (Wildman–Crippen LogP) is 11.3. The average Bonchev–Trinajstić information content (AvgIpc) is 3.14. The highest BCUT2D eigenvalue weighted by molar-refractivity contribution is 6.66. The lowest BCUT2D eigenvalue weighted by Gasteiger charge is -2.35. The summed E-state index contributed by atoms with van der Waals surface area (Å²) in [5, 5.41) is 9.27. The molecule has 0 bridgehead atoms. The number of hydrogen-bond donors (Lipinski definition) is 0. The highest BCUT2D eigenvalue weighted by Gasteiger charge is 2.49. The quantitative estimate of drug-likeness (QED) is 0.0756. The Kier molecular flexibility index (Phi) is 8.72. The number of fused-ring (bicyclic) bond motifs is 6. The summed E-state index contributed by atoms with van der Waals surface area (Å²) >= 11 is 13.3. The summed E-state index contributed by atoms with van der Waals surface area (Å²) in [7, 11) is 0. The third kappa shape index (κ3) is 5.93. The van der Waals surface area contributed by atoms with Gasteiger partial charge in [0, 0.05) is 11.8 Å². The van der Waals surface area contributed by atoms with Crippen LogP contribution in [0.5, 0.6) is 0 Å². The van der Waals surface area contributed by atoms with Gasteiger partial charge >= 0.3 is 16.3 Å². The molecule has 0 aliphatic heterocycles. The number of ether oxygens (including phenoxy) is 2. The Bertz CT molecular complexity index is 2050. The van der Waals surface area contributed by atoms with Gasteiger partial charge in [0.25, 0.3) is 0 Å². The maximum atomic E-state index is 13.8. The Morgan fingerprint density at radius 1 is 0.490 bits per heavy atom. The van der Waals surface area contributed by atoms with Crippen LogP contribution in [0.15, 0.2) is 109 Å². The van der Waals surface area contributed by atoms with Crippen LogP contribution in [-0.2, 0) is 19.1 Å². The molecule has 0 amide bonds. The standard InChI is InChI=1S/C43H38Cl2O4/c44-43(45,41(46)48-39-23-11-9-21-35(39)37-25-27-13-1-3-15-29(27)31-17-5-7-19-33(31)37)42(47)49-40-24-12-10-22-36(40)38-26-28-14-2-4-16-30(28)32-18-6-8-20-34(32)38/h1-8,13-20,25-26,35-36,39-40H,9-12,21-24H2/t35-,36-,39+,40+/m0/s1. The van der Waals surface area contributed by atoms with E-state index in [1.165, 1.54) is 21.5 Å². The van der Waals surface area contributed by atoms with Crippen LogP contribution in [0.4, 0.5) is 0 Å². The van der Waals surface area contributed by atoms with E-state index in [9.17, 15) is 9.59 Å². The third-order valence-electron chi connectivity index (χ3n) is 10.8. The lowest BCUT2D eigenvalue weighted by Crippen LogP contribution is -2.44. The molecule has 0 radical (unpaired) electrons. The summed E-state index contributed by atoms with van der Waals surface area (Å²) in [5.41, 5.74) is 2.27. The zero-order chi connectivity index (χ0) is 33.5. The van der Waals surface area contributed by atoms with Crippen molar-refractivity contribution in [3.63, 3.8) is 0 Å². The van der Waals surface area contributed by atoms with Crippen LogP contribution in [0.2, 0.25) is 0 Å². The fourth-order valence-corrected chi connectivity index (χ4v) is 8.65. The summed E-state index contributed by atoms with van der Waals surface area (Å²) in [5.74, 6) is -2.05. The van der Waals surface area contributed by atoms with Gasteiger partial charge < -0.3 is 9.47 Å². The molecule has 8 rings (SSSR count). The molecule has 0 spiro atoms. The summed E-state index contributed by atoms with van der Waals surface area (Å²) in [4.78, 5) is 27.5. The smallest absolute Gasteiger partial charge is 0.354 e. The van der Waals surface area contributed by atoms with E-state index in [4.69, 9.17) is 32.7 Å². The minimum absolute atomic E-state index is 0.0590. The zero-order valence-electron chi connectivity index (χ0n) is 27.2. The first-order valence-corrected chi connectivity index (χ1v) is 18.3. The number of carbonyl (C=O) groups is 2. The molecular weight excluding hydrogens is 651 g/mol. The molecule has 0 saturated heterocycles. The molecule has 2 aliphatic carbocycles. The maximum Gasteiger partial charge on any atom is 0.354 e. The lowest BCUT2D eigenvalue weighted by atomic mass is 9.79. The molecule has 6 heteroatoms. The molecule has 6 aromatic carbocycles. The minimum Gasteiger partial charge on any atom is -0.459 e. The van der Waals surface area contributed by atoms with Gasteiger partial charge in [-0.2, -0.15) is 0 Å². The summed E-state index contributed by atoms with van der Waals surface area (Å²) in [6, 6.07) is 37.9. The van der Waals surface area contributed by atoms with Gasteiger partial charge in [-0.25, -0.2) is 9.59 Å². The molecule has 4 nitrogen and oxygen atoms in total. The van der Waals surface area contributed by atoms with E-state index in [0.717, 1.165) is 71.2 Å². The van der Waals surface area contributed by atoms with E-state index in [2.05, 4.69) is 84.9 Å². The second kappa shape index (κ2) is 13.3. The van der Waals surface area contributed by atoms with Crippen molar-refractivity contribution in [2.24, 2.45) is 0 Å². The van der Waals surface area contributed by atoms with Gasteiger partial charge in [0.05, 0.1) is 0 Å².